The number of fused-ring (bicyclic) bond motifs is 3. The minimum absolute atomic E-state index is 0.0351. The lowest BCUT2D eigenvalue weighted by atomic mass is 9.68. The van der Waals surface area contributed by atoms with Gasteiger partial charge < -0.3 is 19.8 Å². The number of aliphatic hydroxyl groups excluding tert-OH is 1. The van der Waals surface area contributed by atoms with E-state index in [1.165, 1.54) is 11.1 Å². The van der Waals surface area contributed by atoms with Gasteiger partial charge in [-0.25, -0.2) is 18.4 Å². The van der Waals surface area contributed by atoms with Gasteiger partial charge in [-0.05, 0) is 123 Å². The molecule has 10 heteroatoms. The Morgan fingerprint density at radius 2 is 2.00 bits per heavy atom. The molecule has 1 heterocycles. The molecule has 3 aliphatic carbocycles. The highest BCUT2D eigenvalue weighted by atomic mass is 35.5. The number of aromatic carboxylic acids is 1. The number of nitrogens with two attached hydrogens (primary N) is 1. The minimum atomic E-state index is -3.62. The fraction of sp³-hybridized carbons (Fsp3) is 0.559. The van der Waals surface area contributed by atoms with E-state index in [2.05, 4.69) is 17.0 Å². The molecule has 1 aliphatic heterocycles. The number of aryl methyl sites for hydroxylation is 1. The smallest absolute Gasteiger partial charge is 0.335 e. The zero-order valence-corrected chi connectivity index (χ0v) is 26.8. The topological polar surface area (TPSA) is 130 Å². The van der Waals surface area contributed by atoms with Crippen molar-refractivity contribution in [1.29, 1.82) is 0 Å². The molecule has 238 valence electrons. The van der Waals surface area contributed by atoms with E-state index in [0.29, 0.717) is 37.8 Å². The average molecular weight is 643 g/mol. The number of ether oxygens (including phenoxy) is 1. The number of aliphatic hydroxyl groups is 1. The van der Waals surface area contributed by atoms with Crippen molar-refractivity contribution in [3.05, 3.63) is 70.3 Å². The molecule has 0 saturated heterocycles. The number of carbonyl (C=O) groups is 1. The summed E-state index contributed by atoms with van der Waals surface area (Å²) in [6.07, 6.45) is 10.6. The van der Waals surface area contributed by atoms with Gasteiger partial charge in [-0.3, -0.25) is 0 Å². The second-order valence-corrected chi connectivity index (χ2v) is 15.9. The summed E-state index contributed by atoms with van der Waals surface area (Å²) < 4.78 is 30.5. The van der Waals surface area contributed by atoms with Gasteiger partial charge in [0.15, 0.2) is 0 Å². The molecule has 0 amide bonds. The number of allylic oxidation sites excluding steroid dienone is 1. The first-order valence-corrected chi connectivity index (χ1v) is 17.8. The van der Waals surface area contributed by atoms with Crippen LogP contribution in [0.25, 0.3) is 0 Å². The number of carboxylic acid groups (broad SMARTS) is 1. The number of primary sulfonamides is 1. The van der Waals surface area contributed by atoms with Crippen LogP contribution in [0.15, 0.2) is 48.6 Å². The van der Waals surface area contributed by atoms with E-state index in [9.17, 15) is 23.4 Å². The van der Waals surface area contributed by atoms with Crippen LogP contribution in [0.5, 0.6) is 5.75 Å². The van der Waals surface area contributed by atoms with Crippen molar-refractivity contribution in [2.24, 2.45) is 28.8 Å². The number of nitrogens with zero attached hydrogens (tertiary/aromatic N) is 1. The van der Waals surface area contributed by atoms with E-state index in [0.717, 1.165) is 55.7 Å². The van der Waals surface area contributed by atoms with Crippen molar-refractivity contribution in [3.8, 4) is 5.75 Å². The number of hydrogen-bond donors (Lipinski definition) is 3. The van der Waals surface area contributed by atoms with Crippen LogP contribution in [0.2, 0.25) is 5.02 Å². The summed E-state index contributed by atoms with van der Waals surface area (Å²) in [6.45, 7) is 3.54. The molecule has 4 N–H and O–H groups in total. The van der Waals surface area contributed by atoms with Crippen LogP contribution >= 0.6 is 11.6 Å². The van der Waals surface area contributed by atoms with Crippen LogP contribution in [0, 0.1) is 23.7 Å². The number of sulfonamides is 1. The normalized spacial score (nSPS) is 27.0. The Labute approximate surface area is 265 Å². The second kappa shape index (κ2) is 12.3. The number of benzene rings is 2. The maximum Gasteiger partial charge on any atom is 0.335 e. The summed E-state index contributed by atoms with van der Waals surface area (Å²) in [5.41, 5.74) is 3.22. The zero-order chi connectivity index (χ0) is 31.2. The van der Waals surface area contributed by atoms with Crippen molar-refractivity contribution in [2.45, 2.75) is 75.1 Å². The average Bonchev–Trinajstić information content (AvgIpc) is 3.81. The van der Waals surface area contributed by atoms with Gasteiger partial charge in [0.2, 0.25) is 10.0 Å². The van der Waals surface area contributed by atoms with Gasteiger partial charge in [0.25, 0.3) is 0 Å². The molecule has 0 bridgehead atoms. The third-order valence-corrected chi connectivity index (χ3v) is 12.4. The van der Waals surface area contributed by atoms with Gasteiger partial charge in [0.05, 0.1) is 29.2 Å². The van der Waals surface area contributed by atoms with Crippen LogP contribution in [0.4, 0.5) is 5.69 Å². The number of anilines is 1. The molecular weight excluding hydrogens is 600 g/mol. The Morgan fingerprint density at radius 1 is 1.20 bits per heavy atom. The van der Waals surface area contributed by atoms with Crippen LogP contribution in [0.1, 0.15) is 73.4 Å². The molecule has 0 radical (unpaired) electrons. The molecule has 2 fully saturated rings. The Bertz CT molecular complexity index is 1540. The number of halogens is 1. The minimum Gasteiger partial charge on any atom is -0.490 e. The maximum atomic E-state index is 12.0. The van der Waals surface area contributed by atoms with E-state index in [1.807, 2.05) is 18.2 Å². The standard InChI is InChI=1S/C34H43ClN2O6S/c1-21(44(36,41)42)27(22-7-8-22)5-2-6-31(38)28-12-9-25(28)18-37-19-34(15-3-4-23-16-26(35)11-13-29(23)34)20-43-32-14-10-24(33(39)40)17-30(32)37/h2,6,10-11,13-14,16-17,21-22,25,27-28,31,38H,3-5,7-9,12,15,18-20H2,1H3,(H,39,40)(H2,36,41,42)/b6-2+/t21-,25-,27-,28+,31-,34-/m0/s1. The van der Waals surface area contributed by atoms with E-state index < -0.39 is 27.3 Å². The SMILES string of the molecule is C[C@@H]([C@H](C/C=C/[C@H](O)[C@@H]1CC[C@H]1CN1C[C@@]2(CCCc3cc(Cl)ccc32)COc2ccc(C(=O)O)cc21)C1CC1)S(N)(=O)=O. The van der Waals surface area contributed by atoms with Gasteiger partial charge >= 0.3 is 5.97 Å². The van der Waals surface area contributed by atoms with Crippen LogP contribution in [-0.2, 0) is 21.9 Å². The first-order chi connectivity index (χ1) is 20.9. The third kappa shape index (κ3) is 6.39. The summed E-state index contributed by atoms with van der Waals surface area (Å²) >= 11 is 6.37. The van der Waals surface area contributed by atoms with Crippen LogP contribution in [0.3, 0.4) is 0 Å². The maximum absolute atomic E-state index is 12.0. The predicted molar refractivity (Wildman–Crippen MR) is 172 cm³/mol. The van der Waals surface area contributed by atoms with Crippen molar-refractivity contribution < 1.29 is 28.2 Å². The van der Waals surface area contributed by atoms with Crippen molar-refractivity contribution in [3.63, 3.8) is 0 Å². The molecule has 6 atom stereocenters. The molecule has 2 saturated carbocycles. The second-order valence-electron chi connectivity index (χ2n) is 13.5. The zero-order valence-electron chi connectivity index (χ0n) is 25.2. The predicted octanol–water partition coefficient (Wildman–Crippen LogP) is 5.55. The highest BCUT2D eigenvalue weighted by Gasteiger charge is 2.44. The summed E-state index contributed by atoms with van der Waals surface area (Å²) in [5.74, 6) is 0.307. The van der Waals surface area contributed by atoms with E-state index in [1.54, 1.807) is 25.1 Å². The lowest BCUT2D eigenvalue weighted by Gasteiger charge is -2.45. The molecule has 0 unspecified atom stereocenters. The van der Waals surface area contributed by atoms with Gasteiger partial charge in [-0.15, -0.1) is 0 Å². The Kier molecular flexibility index (Phi) is 8.78. The van der Waals surface area contributed by atoms with Crippen LogP contribution < -0.4 is 14.8 Å². The lowest BCUT2D eigenvalue weighted by molar-refractivity contribution is 0.0455. The molecule has 8 nitrogen and oxygen atoms in total. The molecule has 0 aromatic heterocycles. The summed E-state index contributed by atoms with van der Waals surface area (Å²) in [4.78, 5) is 14.2. The van der Waals surface area contributed by atoms with Crippen LogP contribution in [-0.4, -0.2) is 55.7 Å². The third-order valence-electron chi connectivity index (χ3n) is 10.7. The fourth-order valence-corrected chi connectivity index (χ4v) is 8.87. The van der Waals surface area contributed by atoms with E-state index in [-0.39, 0.29) is 28.7 Å². The highest BCUT2D eigenvalue weighted by molar-refractivity contribution is 7.89. The van der Waals surface area contributed by atoms with E-state index in [4.69, 9.17) is 21.5 Å². The Balaban J connectivity index is 1.22. The van der Waals surface area contributed by atoms with E-state index >= 15 is 0 Å². The first kappa shape index (κ1) is 31.4. The Morgan fingerprint density at radius 3 is 2.68 bits per heavy atom. The molecule has 2 aromatic rings. The Hall–Kier alpha value is -2.59. The lowest BCUT2D eigenvalue weighted by Crippen LogP contribution is -2.49. The summed E-state index contributed by atoms with van der Waals surface area (Å²) in [7, 11) is -3.62. The van der Waals surface area contributed by atoms with Gasteiger partial charge in [0, 0.05) is 23.5 Å². The summed E-state index contributed by atoms with van der Waals surface area (Å²) in [6, 6.07) is 11.2. The van der Waals surface area contributed by atoms with Gasteiger partial charge in [0.1, 0.15) is 5.75 Å². The summed E-state index contributed by atoms with van der Waals surface area (Å²) in [5, 5.41) is 26.6. The van der Waals surface area contributed by atoms with Gasteiger partial charge in [-0.1, -0.05) is 29.8 Å². The fourth-order valence-electron chi connectivity index (χ4n) is 7.85. The number of rotatable bonds is 10. The molecule has 1 spiro atoms. The number of hydrogen-bond acceptors (Lipinski definition) is 6. The molecule has 44 heavy (non-hydrogen) atoms. The highest BCUT2D eigenvalue weighted by Crippen LogP contribution is 2.47. The van der Waals surface area contributed by atoms with Crippen molar-refractivity contribution in [2.75, 3.05) is 24.6 Å². The molecular formula is C34H43ClN2O6S. The molecule has 2 aromatic carbocycles. The van der Waals surface area contributed by atoms with Gasteiger partial charge in [-0.2, -0.15) is 0 Å². The largest absolute Gasteiger partial charge is 0.490 e. The number of carboxylic acids is 1. The quantitative estimate of drug-likeness (QED) is 0.290. The molecule has 4 aliphatic rings. The monoisotopic (exact) mass is 642 g/mol. The first-order valence-electron chi connectivity index (χ1n) is 15.9. The van der Waals surface area contributed by atoms with Crippen molar-refractivity contribution in [1.82, 2.24) is 0 Å². The van der Waals surface area contributed by atoms with Crippen molar-refractivity contribution >= 4 is 33.3 Å². The molecule has 6 rings (SSSR count).